The number of nitrogens with zero attached hydrogens (tertiary/aromatic N) is 3. The van der Waals surface area contributed by atoms with Crippen molar-refractivity contribution in [2.75, 3.05) is 29.1 Å². The molecule has 2 aromatic rings. The number of phenols is 1. The van der Waals surface area contributed by atoms with Crippen molar-refractivity contribution in [2.45, 2.75) is 18.0 Å². The van der Waals surface area contributed by atoms with Gasteiger partial charge < -0.3 is 15.3 Å². The number of nitrogens with one attached hydrogen (secondary N) is 1. The number of amides is 1. The van der Waals surface area contributed by atoms with Gasteiger partial charge in [0.15, 0.2) is 16.8 Å². The minimum atomic E-state index is -0.445. The summed E-state index contributed by atoms with van der Waals surface area (Å²) in [6.45, 7) is 1.57. The Morgan fingerprint density at radius 2 is 2.08 bits per heavy atom. The Bertz CT molecular complexity index is 738. The Hall–Kier alpha value is -2.35. The van der Waals surface area contributed by atoms with E-state index >= 15 is 0 Å². The van der Waals surface area contributed by atoms with Gasteiger partial charge in [-0.1, -0.05) is 23.9 Å². The van der Waals surface area contributed by atoms with Gasteiger partial charge in [-0.25, -0.2) is 14.4 Å². The molecule has 0 aliphatic carbocycles. The molecule has 126 valence electrons. The van der Waals surface area contributed by atoms with E-state index in [1.165, 1.54) is 6.07 Å². The maximum absolute atomic E-state index is 13.9. The molecular formula is C16H17FN4O2S. The lowest BCUT2D eigenvalue weighted by molar-refractivity contribution is -0.113. The molecular weight excluding hydrogens is 331 g/mol. The van der Waals surface area contributed by atoms with Crippen LogP contribution >= 0.6 is 11.8 Å². The van der Waals surface area contributed by atoms with Crippen LogP contribution in [0.3, 0.4) is 0 Å². The Balaban J connectivity index is 1.61. The number of para-hydroxylation sites is 2. The van der Waals surface area contributed by atoms with Crippen molar-refractivity contribution in [1.29, 1.82) is 0 Å². The van der Waals surface area contributed by atoms with Gasteiger partial charge in [0, 0.05) is 13.1 Å². The molecule has 1 fully saturated rings. The molecule has 0 radical (unpaired) electrons. The molecule has 0 unspecified atom stereocenters. The smallest absolute Gasteiger partial charge is 0.234 e. The second-order valence-corrected chi connectivity index (χ2v) is 6.31. The molecule has 0 spiro atoms. The van der Waals surface area contributed by atoms with Gasteiger partial charge in [0.25, 0.3) is 0 Å². The van der Waals surface area contributed by atoms with Crippen molar-refractivity contribution >= 4 is 29.2 Å². The van der Waals surface area contributed by atoms with Crippen LogP contribution in [0.2, 0.25) is 0 Å². The largest absolute Gasteiger partial charge is 0.506 e. The highest BCUT2D eigenvalue weighted by atomic mass is 32.2. The summed E-state index contributed by atoms with van der Waals surface area (Å²) in [7, 11) is 0. The van der Waals surface area contributed by atoms with Crippen LogP contribution in [0.1, 0.15) is 12.8 Å². The monoisotopic (exact) mass is 348 g/mol. The van der Waals surface area contributed by atoms with Crippen LogP contribution in [0.25, 0.3) is 0 Å². The normalized spacial score (nSPS) is 14.0. The molecule has 1 saturated heterocycles. The van der Waals surface area contributed by atoms with Gasteiger partial charge in [-0.15, -0.1) is 0 Å². The molecule has 0 saturated carbocycles. The summed E-state index contributed by atoms with van der Waals surface area (Å²) in [6.07, 6.45) is 3.19. The Labute approximate surface area is 143 Å². The summed E-state index contributed by atoms with van der Waals surface area (Å²) < 4.78 is 13.9. The quantitative estimate of drug-likeness (QED) is 0.491. The summed E-state index contributed by atoms with van der Waals surface area (Å²) in [6, 6.07) is 6.49. The van der Waals surface area contributed by atoms with Gasteiger partial charge in [-0.2, -0.15) is 0 Å². The zero-order chi connectivity index (χ0) is 16.9. The number of hydrogen-bond donors (Lipinski definition) is 2. The Kier molecular flexibility index (Phi) is 5.14. The van der Waals surface area contributed by atoms with E-state index < -0.39 is 5.82 Å². The number of phenolic OH excluding ortho intramolecular Hbond substituents is 1. The predicted octanol–water partition coefficient (Wildman–Crippen LogP) is 2.65. The zero-order valence-electron chi connectivity index (χ0n) is 12.9. The molecule has 3 rings (SSSR count). The molecule has 24 heavy (non-hydrogen) atoms. The lowest BCUT2D eigenvalue weighted by Crippen LogP contribution is -2.21. The molecule has 2 heterocycles. The fourth-order valence-corrected chi connectivity index (χ4v) is 3.07. The maximum atomic E-state index is 13.9. The molecule has 2 N–H and O–H groups in total. The summed E-state index contributed by atoms with van der Waals surface area (Å²) in [5.41, 5.74) is 0.348. The van der Waals surface area contributed by atoms with Crippen LogP contribution in [-0.2, 0) is 4.79 Å². The van der Waals surface area contributed by atoms with Crippen molar-refractivity contribution in [2.24, 2.45) is 0 Å². The van der Waals surface area contributed by atoms with E-state index in [1.807, 2.05) is 4.90 Å². The van der Waals surface area contributed by atoms with Crippen molar-refractivity contribution < 1.29 is 14.3 Å². The van der Waals surface area contributed by atoms with Gasteiger partial charge in [0.1, 0.15) is 5.75 Å². The van der Waals surface area contributed by atoms with Crippen molar-refractivity contribution in [3.8, 4) is 5.75 Å². The Morgan fingerprint density at radius 1 is 1.33 bits per heavy atom. The first-order valence-corrected chi connectivity index (χ1v) is 8.60. The number of rotatable bonds is 5. The molecule has 8 heteroatoms. The SMILES string of the molecule is O=C(CSc1ncc(F)c(N2CCCC2)n1)Nc1ccccc1O. The standard InChI is InChI=1S/C16H17FN4O2S/c17-11-9-18-16(20-15(11)21-7-3-4-8-21)24-10-14(23)19-12-5-1-2-6-13(12)22/h1-2,5-6,9,22H,3-4,7-8,10H2,(H,19,23). The second kappa shape index (κ2) is 7.48. The van der Waals surface area contributed by atoms with Crippen LogP contribution in [-0.4, -0.2) is 39.8 Å². The number of carbonyl (C=O) groups is 1. The first kappa shape index (κ1) is 16.5. The minimum absolute atomic E-state index is 0.00482. The fourth-order valence-electron chi connectivity index (χ4n) is 2.46. The molecule has 1 aliphatic heterocycles. The first-order chi connectivity index (χ1) is 11.6. The van der Waals surface area contributed by atoms with E-state index in [9.17, 15) is 14.3 Å². The number of aromatic nitrogens is 2. The first-order valence-electron chi connectivity index (χ1n) is 7.61. The zero-order valence-corrected chi connectivity index (χ0v) is 13.7. The summed E-state index contributed by atoms with van der Waals surface area (Å²) in [5, 5.41) is 12.6. The lowest BCUT2D eigenvalue weighted by atomic mass is 10.3. The van der Waals surface area contributed by atoms with E-state index in [4.69, 9.17) is 0 Å². The van der Waals surface area contributed by atoms with Crippen LogP contribution in [0, 0.1) is 5.82 Å². The predicted molar refractivity (Wildman–Crippen MR) is 90.9 cm³/mol. The van der Waals surface area contributed by atoms with Crippen LogP contribution in [0.15, 0.2) is 35.6 Å². The molecule has 1 amide bonds. The number of anilines is 2. The Morgan fingerprint density at radius 3 is 2.83 bits per heavy atom. The second-order valence-electron chi connectivity index (χ2n) is 5.37. The minimum Gasteiger partial charge on any atom is -0.506 e. The summed E-state index contributed by atoms with van der Waals surface area (Å²) in [5.74, 6) is -0.368. The summed E-state index contributed by atoms with van der Waals surface area (Å²) >= 11 is 1.13. The third kappa shape index (κ3) is 3.94. The number of carbonyl (C=O) groups excluding carboxylic acids is 1. The summed E-state index contributed by atoms with van der Waals surface area (Å²) in [4.78, 5) is 22.0. The number of halogens is 1. The van der Waals surface area contributed by atoms with E-state index in [-0.39, 0.29) is 17.4 Å². The van der Waals surface area contributed by atoms with Crippen molar-refractivity contribution in [1.82, 2.24) is 9.97 Å². The number of thioether (sulfide) groups is 1. The topological polar surface area (TPSA) is 78.4 Å². The highest BCUT2D eigenvalue weighted by Crippen LogP contribution is 2.25. The molecule has 0 atom stereocenters. The molecule has 1 aromatic heterocycles. The highest BCUT2D eigenvalue weighted by Gasteiger charge is 2.19. The van der Waals surface area contributed by atoms with Gasteiger partial charge in [0.05, 0.1) is 17.6 Å². The average molecular weight is 348 g/mol. The van der Waals surface area contributed by atoms with Gasteiger partial charge in [0.2, 0.25) is 5.91 Å². The maximum Gasteiger partial charge on any atom is 0.234 e. The van der Waals surface area contributed by atoms with E-state index in [1.54, 1.807) is 18.2 Å². The lowest BCUT2D eigenvalue weighted by Gasteiger charge is -2.17. The van der Waals surface area contributed by atoms with Gasteiger partial charge in [-0.05, 0) is 25.0 Å². The number of benzene rings is 1. The van der Waals surface area contributed by atoms with E-state index in [2.05, 4.69) is 15.3 Å². The fraction of sp³-hybridized carbons (Fsp3) is 0.312. The molecule has 6 nitrogen and oxygen atoms in total. The van der Waals surface area contributed by atoms with Gasteiger partial charge >= 0.3 is 0 Å². The van der Waals surface area contributed by atoms with Crippen LogP contribution in [0.4, 0.5) is 15.9 Å². The molecule has 1 aromatic carbocycles. The van der Waals surface area contributed by atoms with Crippen LogP contribution < -0.4 is 10.2 Å². The van der Waals surface area contributed by atoms with Crippen molar-refractivity contribution in [3.05, 3.63) is 36.3 Å². The third-order valence-corrected chi connectivity index (χ3v) is 4.48. The molecule has 0 bridgehead atoms. The molecule has 1 aliphatic rings. The van der Waals surface area contributed by atoms with Crippen LogP contribution in [0.5, 0.6) is 5.75 Å². The average Bonchev–Trinajstić information content (AvgIpc) is 3.10. The third-order valence-electron chi connectivity index (χ3n) is 3.62. The van der Waals surface area contributed by atoms with E-state index in [0.717, 1.165) is 43.9 Å². The number of hydrogen-bond acceptors (Lipinski definition) is 6. The van der Waals surface area contributed by atoms with Gasteiger partial charge in [-0.3, -0.25) is 4.79 Å². The highest BCUT2D eigenvalue weighted by molar-refractivity contribution is 7.99. The number of aromatic hydroxyl groups is 1. The van der Waals surface area contributed by atoms with E-state index in [0.29, 0.717) is 16.7 Å². The van der Waals surface area contributed by atoms with Crippen molar-refractivity contribution in [3.63, 3.8) is 0 Å².